The number of carbonyl (C=O) groups excluding carboxylic acids is 4. The Labute approximate surface area is 270 Å². The lowest BCUT2D eigenvalue weighted by molar-refractivity contribution is -0.344. The maximum atomic E-state index is 15.4. The molecule has 0 unspecified atom stereocenters. The van der Waals surface area contributed by atoms with E-state index >= 15 is 4.79 Å². The molecule has 2 N–H and O–H groups in total. The van der Waals surface area contributed by atoms with E-state index < -0.39 is 90.5 Å². The quantitative estimate of drug-likeness (QED) is 0.200. The van der Waals surface area contributed by atoms with Gasteiger partial charge >= 0.3 is 17.9 Å². The van der Waals surface area contributed by atoms with Crippen molar-refractivity contribution in [1.82, 2.24) is 0 Å². The number of esters is 3. The summed E-state index contributed by atoms with van der Waals surface area (Å²) in [6.45, 7) is 14.9. The van der Waals surface area contributed by atoms with Crippen LogP contribution >= 0.6 is 0 Å². The SMILES string of the molecule is CC(=O)O[C@H]1C(=O)[C@]2(C)[C@@H](O[Si](C)(C)C)C[C@H]3OC[C@@]3(OC(C)=O)[C@H]2[C@H](OC(=O)c2ccccc2)[C@]2(O)C[C@H](O)C(C)=C1C2(C)C. The third-order valence-electron chi connectivity index (χ3n) is 10.7. The van der Waals surface area contributed by atoms with E-state index in [1.165, 1.54) is 13.8 Å². The topological polar surface area (TPSA) is 155 Å². The molecule has 11 nitrogen and oxygen atoms in total. The van der Waals surface area contributed by atoms with Crippen LogP contribution in [0.5, 0.6) is 0 Å². The molecule has 0 amide bonds. The molecule has 1 aromatic carbocycles. The molecule has 5 rings (SSSR count). The van der Waals surface area contributed by atoms with E-state index in [2.05, 4.69) is 0 Å². The Kier molecular flexibility index (Phi) is 8.51. The van der Waals surface area contributed by atoms with Crippen molar-refractivity contribution in [2.75, 3.05) is 6.61 Å². The van der Waals surface area contributed by atoms with Crippen molar-refractivity contribution >= 4 is 32.0 Å². The number of benzene rings is 1. The number of aliphatic hydroxyl groups excluding tert-OH is 1. The highest BCUT2D eigenvalue weighted by Crippen LogP contribution is 2.64. The van der Waals surface area contributed by atoms with E-state index in [-0.39, 0.29) is 30.6 Å². The molecule has 0 radical (unpaired) electrons. The molecule has 12 heteroatoms. The average Bonchev–Trinajstić information content (AvgIpc) is 2.93. The van der Waals surface area contributed by atoms with Gasteiger partial charge in [-0.3, -0.25) is 14.4 Å². The Morgan fingerprint density at radius 2 is 1.63 bits per heavy atom. The average molecular weight is 659 g/mol. The number of ether oxygens (including phenoxy) is 4. The number of hydrogen-bond donors (Lipinski definition) is 2. The van der Waals surface area contributed by atoms with Gasteiger partial charge in [-0.05, 0) is 56.8 Å². The van der Waals surface area contributed by atoms with Gasteiger partial charge in [0, 0.05) is 32.1 Å². The maximum absolute atomic E-state index is 15.4. The summed E-state index contributed by atoms with van der Waals surface area (Å²) in [6.07, 6.45) is -6.08. The second kappa shape index (κ2) is 11.4. The van der Waals surface area contributed by atoms with Crippen molar-refractivity contribution in [2.45, 2.75) is 116 Å². The van der Waals surface area contributed by atoms with Crippen molar-refractivity contribution in [1.29, 1.82) is 0 Å². The highest BCUT2D eigenvalue weighted by molar-refractivity contribution is 6.69. The minimum atomic E-state index is -2.42. The Bertz CT molecular complexity index is 1460. The predicted octanol–water partition coefficient (Wildman–Crippen LogP) is 3.51. The van der Waals surface area contributed by atoms with Crippen LogP contribution in [0.1, 0.15) is 64.7 Å². The fourth-order valence-corrected chi connectivity index (χ4v) is 9.68. The molecule has 252 valence electrons. The lowest BCUT2D eigenvalue weighted by Gasteiger charge is -2.68. The van der Waals surface area contributed by atoms with Crippen LogP contribution in [0.3, 0.4) is 0 Å². The summed E-state index contributed by atoms with van der Waals surface area (Å²) in [6, 6.07) is 8.24. The Morgan fingerprint density at radius 1 is 1.00 bits per heavy atom. The van der Waals surface area contributed by atoms with Crippen LogP contribution in [0, 0.1) is 16.7 Å². The molecular weight excluding hydrogens is 612 g/mol. The minimum absolute atomic E-state index is 0.136. The van der Waals surface area contributed by atoms with Crippen LogP contribution in [0.4, 0.5) is 0 Å². The molecule has 3 aliphatic carbocycles. The summed E-state index contributed by atoms with van der Waals surface area (Å²) in [5, 5.41) is 24.6. The van der Waals surface area contributed by atoms with Gasteiger partial charge in [0.05, 0.1) is 35.7 Å². The number of Topliss-reactive ketones (excluding diaryl/α,β-unsaturated/α-hetero) is 1. The zero-order valence-electron chi connectivity index (χ0n) is 28.0. The molecular formula is C34H46O11Si. The summed E-state index contributed by atoms with van der Waals surface area (Å²) in [5.74, 6) is -3.96. The van der Waals surface area contributed by atoms with Gasteiger partial charge in [-0.2, -0.15) is 0 Å². The first-order valence-corrected chi connectivity index (χ1v) is 19.2. The summed E-state index contributed by atoms with van der Waals surface area (Å²) >= 11 is 0. The predicted molar refractivity (Wildman–Crippen MR) is 167 cm³/mol. The number of ketones is 1. The number of hydrogen-bond acceptors (Lipinski definition) is 11. The van der Waals surface area contributed by atoms with Crippen LogP contribution < -0.4 is 0 Å². The van der Waals surface area contributed by atoms with Crippen LogP contribution in [0.25, 0.3) is 0 Å². The van der Waals surface area contributed by atoms with Crippen molar-refractivity contribution in [3.05, 3.63) is 47.0 Å². The first-order valence-electron chi connectivity index (χ1n) is 15.8. The monoisotopic (exact) mass is 658 g/mol. The van der Waals surface area contributed by atoms with Crippen LogP contribution in [0.15, 0.2) is 41.5 Å². The fraction of sp³-hybridized carbons (Fsp3) is 0.647. The van der Waals surface area contributed by atoms with Gasteiger partial charge in [-0.1, -0.05) is 32.0 Å². The van der Waals surface area contributed by atoms with E-state index in [4.69, 9.17) is 23.4 Å². The summed E-state index contributed by atoms with van der Waals surface area (Å²) in [7, 11) is -2.42. The smallest absolute Gasteiger partial charge is 0.338 e. The Hall–Kier alpha value is -2.90. The summed E-state index contributed by atoms with van der Waals surface area (Å²) < 4.78 is 31.1. The standard InChI is InChI=1S/C34H46O11Si/c1-18-22(37)16-34(40)29(43-30(39)21-13-11-10-12-14-21)27-32(6,28(38)26(42-19(2)35)25(18)31(34,4)5)23(45-46(7,8)9)15-24-33(27,17-41-24)44-20(3)36/h10-14,22-24,26-27,29,37,40H,15-17H2,1-9H3/t22-,23-,24+,26+,27-,29-,32+,33-,34+/m0/s1. The van der Waals surface area contributed by atoms with Crippen molar-refractivity contribution in [2.24, 2.45) is 16.7 Å². The molecule has 4 aliphatic rings. The van der Waals surface area contributed by atoms with E-state index in [1.807, 2.05) is 19.6 Å². The van der Waals surface area contributed by atoms with Gasteiger partial charge in [0.1, 0.15) is 17.8 Å². The zero-order valence-corrected chi connectivity index (χ0v) is 29.0. The van der Waals surface area contributed by atoms with Gasteiger partial charge in [0.25, 0.3) is 0 Å². The molecule has 2 bridgehead atoms. The van der Waals surface area contributed by atoms with E-state index in [9.17, 15) is 24.6 Å². The van der Waals surface area contributed by atoms with Gasteiger partial charge in [0.15, 0.2) is 25.8 Å². The van der Waals surface area contributed by atoms with Crippen molar-refractivity contribution in [3.8, 4) is 0 Å². The maximum Gasteiger partial charge on any atom is 0.338 e. The summed E-state index contributed by atoms with van der Waals surface area (Å²) in [5.41, 5.74) is -5.84. The van der Waals surface area contributed by atoms with Crippen LogP contribution in [-0.2, 0) is 37.8 Å². The van der Waals surface area contributed by atoms with Gasteiger partial charge in [-0.15, -0.1) is 0 Å². The number of fused-ring (bicyclic) bond motifs is 5. The van der Waals surface area contributed by atoms with Crippen LogP contribution in [-0.4, -0.2) is 90.6 Å². The second-order valence-corrected chi connectivity index (χ2v) is 19.4. The molecule has 1 aliphatic heterocycles. The molecule has 1 heterocycles. The zero-order chi connectivity index (χ0) is 34.2. The lowest BCUT2D eigenvalue weighted by Crippen LogP contribution is -2.82. The highest BCUT2D eigenvalue weighted by atomic mass is 28.4. The third kappa shape index (κ3) is 5.17. The Morgan fingerprint density at radius 3 is 2.15 bits per heavy atom. The number of carbonyl (C=O) groups is 4. The molecule has 2 saturated carbocycles. The number of aliphatic hydroxyl groups is 2. The van der Waals surface area contributed by atoms with E-state index in [0.29, 0.717) is 5.57 Å². The highest BCUT2D eigenvalue weighted by Gasteiger charge is 2.78. The number of rotatable bonds is 6. The molecule has 1 aromatic rings. The van der Waals surface area contributed by atoms with Gasteiger partial charge in [-0.25, -0.2) is 4.79 Å². The largest absolute Gasteiger partial charge is 0.455 e. The Balaban J connectivity index is 1.88. The molecule has 46 heavy (non-hydrogen) atoms. The fourth-order valence-electron chi connectivity index (χ4n) is 8.48. The third-order valence-corrected chi connectivity index (χ3v) is 11.7. The van der Waals surface area contributed by atoms with Crippen LogP contribution in [0.2, 0.25) is 19.6 Å². The molecule has 1 saturated heterocycles. The van der Waals surface area contributed by atoms with Crippen molar-refractivity contribution < 1.29 is 52.8 Å². The molecule has 0 spiro atoms. The summed E-state index contributed by atoms with van der Waals surface area (Å²) in [4.78, 5) is 54.8. The van der Waals surface area contributed by atoms with E-state index in [0.717, 1.165) is 0 Å². The van der Waals surface area contributed by atoms with Gasteiger partial charge < -0.3 is 33.6 Å². The molecule has 3 fully saturated rings. The van der Waals surface area contributed by atoms with E-state index in [1.54, 1.807) is 58.0 Å². The first kappa shape index (κ1) is 34.4. The second-order valence-electron chi connectivity index (χ2n) is 15.0. The van der Waals surface area contributed by atoms with Gasteiger partial charge in [0.2, 0.25) is 0 Å². The molecule has 0 aromatic heterocycles. The van der Waals surface area contributed by atoms with Crippen molar-refractivity contribution in [3.63, 3.8) is 0 Å². The lowest BCUT2D eigenvalue weighted by atomic mass is 9.44. The minimum Gasteiger partial charge on any atom is -0.455 e. The molecule has 9 atom stereocenters. The first-order chi connectivity index (χ1) is 21.2. The normalized spacial score (nSPS) is 38.3.